The lowest BCUT2D eigenvalue weighted by molar-refractivity contribution is -0.120. The Kier molecular flexibility index (Phi) is 5.86. The summed E-state index contributed by atoms with van der Waals surface area (Å²) in [4.78, 5) is 11.6. The van der Waals surface area contributed by atoms with Crippen molar-refractivity contribution in [1.82, 2.24) is 0 Å². The number of unbranched alkanes of at least 4 members (excludes halogenated alkanes) is 2. The highest BCUT2D eigenvalue weighted by atomic mass is 16.3. The molecule has 0 bridgehead atoms. The molecule has 1 fully saturated rings. The zero-order chi connectivity index (χ0) is 12.8. The van der Waals surface area contributed by atoms with E-state index >= 15 is 0 Å². The molecule has 1 rings (SSSR count). The third-order valence-corrected chi connectivity index (χ3v) is 3.60. The fourth-order valence-electron chi connectivity index (χ4n) is 2.29. The average molecular weight is 240 g/mol. The molecule has 1 saturated carbocycles. The second-order valence-electron chi connectivity index (χ2n) is 5.07. The molecule has 0 aliphatic heterocycles. The summed E-state index contributed by atoms with van der Waals surface area (Å²) in [5.74, 6) is -0.158. The molecule has 17 heavy (non-hydrogen) atoms. The molecule has 0 aromatic heterocycles. The zero-order valence-electron chi connectivity index (χ0n) is 10.8. The molecule has 0 aromatic rings. The van der Waals surface area contributed by atoms with E-state index in [9.17, 15) is 15.0 Å². The third kappa shape index (κ3) is 4.25. The van der Waals surface area contributed by atoms with Crippen molar-refractivity contribution in [3.05, 3.63) is 12.2 Å². The summed E-state index contributed by atoms with van der Waals surface area (Å²) in [5.41, 5.74) is 0. The molecule has 0 heterocycles. The predicted octanol–water partition coefficient (Wildman–Crippen LogP) is 2.07. The first-order valence-electron chi connectivity index (χ1n) is 6.63. The van der Waals surface area contributed by atoms with E-state index in [2.05, 4.69) is 6.92 Å². The number of aliphatic hydroxyl groups excluding tert-OH is 2. The minimum absolute atomic E-state index is 0.0263. The highest BCUT2D eigenvalue weighted by Crippen LogP contribution is 2.29. The summed E-state index contributed by atoms with van der Waals surface area (Å²) < 4.78 is 0. The van der Waals surface area contributed by atoms with Crippen molar-refractivity contribution in [2.75, 3.05) is 0 Å². The van der Waals surface area contributed by atoms with E-state index in [0.29, 0.717) is 0 Å². The van der Waals surface area contributed by atoms with Crippen molar-refractivity contribution >= 4 is 5.78 Å². The maximum absolute atomic E-state index is 11.6. The molecule has 1 aliphatic rings. The van der Waals surface area contributed by atoms with Crippen molar-refractivity contribution < 1.29 is 15.0 Å². The fourth-order valence-corrected chi connectivity index (χ4v) is 2.29. The Bertz CT molecular complexity index is 273. The number of carbonyl (C=O) groups excluding carboxylic acids is 1. The normalized spacial score (nSPS) is 31.3. The van der Waals surface area contributed by atoms with Crippen LogP contribution in [0.3, 0.4) is 0 Å². The number of allylic oxidation sites excluding steroid dienone is 1. The van der Waals surface area contributed by atoms with E-state index in [4.69, 9.17) is 0 Å². The van der Waals surface area contributed by atoms with Crippen molar-refractivity contribution in [2.45, 2.75) is 58.2 Å². The van der Waals surface area contributed by atoms with Gasteiger partial charge in [0.2, 0.25) is 0 Å². The molecule has 98 valence electrons. The van der Waals surface area contributed by atoms with Crippen LogP contribution in [-0.2, 0) is 4.79 Å². The van der Waals surface area contributed by atoms with Crippen molar-refractivity contribution in [1.29, 1.82) is 0 Å². The summed E-state index contributed by atoms with van der Waals surface area (Å²) in [6, 6.07) is 0. The Morgan fingerprint density at radius 3 is 2.71 bits per heavy atom. The van der Waals surface area contributed by atoms with E-state index in [1.807, 2.05) is 6.92 Å². The second kappa shape index (κ2) is 6.92. The van der Waals surface area contributed by atoms with Crippen LogP contribution < -0.4 is 0 Å². The van der Waals surface area contributed by atoms with Gasteiger partial charge in [-0.1, -0.05) is 45.3 Å². The first kappa shape index (κ1) is 14.4. The van der Waals surface area contributed by atoms with Gasteiger partial charge in [-0.2, -0.15) is 0 Å². The van der Waals surface area contributed by atoms with Gasteiger partial charge >= 0.3 is 0 Å². The minimum atomic E-state index is -0.519. The number of Topliss-reactive ketones (excluding diaryl/α,β-unsaturated/α-hetero) is 1. The summed E-state index contributed by atoms with van der Waals surface area (Å²) in [6.45, 7) is 4.01. The molecule has 0 radical (unpaired) electrons. The number of ketones is 1. The Balaban J connectivity index is 2.39. The van der Waals surface area contributed by atoms with Crippen molar-refractivity contribution in [2.24, 2.45) is 11.8 Å². The molecule has 0 aromatic carbocycles. The molecule has 0 amide bonds. The maximum Gasteiger partial charge on any atom is 0.142 e. The van der Waals surface area contributed by atoms with Crippen LogP contribution in [0.15, 0.2) is 12.2 Å². The lowest BCUT2D eigenvalue weighted by Crippen LogP contribution is -2.15. The van der Waals surface area contributed by atoms with Crippen LogP contribution in [0.4, 0.5) is 0 Å². The standard InChI is InChI=1S/C14H24O3/c1-3-4-5-6-11(15)7-8-12-10(2)13(16)9-14(12)17/h7-8,10-13,15-16H,3-6,9H2,1-2H3/b8-7+/t10?,11?,12-,13+/m1/s1. The number of hydrogen-bond acceptors (Lipinski definition) is 3. The SMILES string of the molecule is CCCCCC(O)/C=C/[C@H]1C(=O)C[C@H](O)C1C. The highest BCUT2D eigenvalue weighted by molar-refractivity contribution is 5.85. The Morgan fingerprint density at radius 2 is 2.18 bits per heavy atom. The quantitative estimate of drug-likeness (QED) is 0.552. The number of rotatable bonds is 6. The molecule has 4 atom stereocenters. The molecule has 1 aliphatic carbocycles. The molecule has 0 spiro atoms. The van der Waals surface area contributed by atoms with Crippen LogP contribution in [0.1, 0.15) is 46.0 Å². The second-order valence-corrected chi connectivity index (χ2v) is 5.07. The summed E-state index contributed by atoms with van der Waals surface area (Å²) >= 11 is 0. The number of aliphatic hydroxyl groups is 2. The van der Waals surface area contributed by atoms with Crippen LogP contribution in [0.5, 0.6) is 0 Å². The van der Waals surface area contributed by atoms with Gasteiger partial charge in [0.1, 0.15) is 5.78 Å². The average Bonchev–Trinajstić information content (AvgIpc) is 2.51. The lowest BCUT2D eigenvalue weighted by Gasteiger charge is -2.12. The van der Waals surface area contributed by atoms with E-state index in [1.54, 1.807) is 12.2 Å². The van der Waals surface area contributed by atoms with E-state index < -0.39 is 12.2 Å². The molecular weight excluding hydrogens is 216 g/mol. The number of hydrogen-bond donors (Lipinski definition) is 2. The summed E-state index contributed by atoms with van der Waals surface area (Å²) in [5, 5.41) is 19.3. The monoisotopic (exact) mass is 240 g/mol. The predicted molar refractivity (Wildman–Crippen MR) is 67.6 cm³/mol. The fraction of sp³-hybridized carbons (Fsp3) is 0.786. The largest absolute Gasteiger partial charge is 0.392 e. The third-order valence-electron chi connectivity index (χ3n) is 3.60. The van der Waals surface area contributed by atoms with Gasteiger partial charge in [-0.05, 0) is 12.3 Å². The van der Waals surface area contributed by atoms with Gasteiger partial charge in [0, 0.05) is 12.3 Å². The van der Waals surface area contributed by atoms with Crippen LogP contribution in [-0.4, -0.2) is 28.2 Å². The molecule has 2 unspecified atom stereocenters. The smallest absolute Gasteiger partial charge is 0.142 e. The van der Waals surface area contributed by atoms with Gasteiger partial charge < -0.3 is 10.2 Å². The Labute approximate surface area is 104 Å². The molecule has 3 heteroatoms. The van der Waals surface area contributed by atoms with Crippen LogP contribution in [0.2, 0.25) is 0 Å². The van der Waals surface area contributed by atoms with Crippen LogP contribution in [0, 0.1) is 11.8 Å². The van der Waals surface area contributed by atoms with Crippen LogP contribution in [0.25, 0.3) is 0 Å². The van der Waals surface area contributed by atoms with Gasteiger partial charge in [-0.3, -0.25) is 4.79 Å². The number of carbonyl (C=O) groups is 1. The van der Waals surface area contributed by atoms with E-state index in [1.165, 1.54) is 0 Å². The van der Waals surface area contributed by atoms with E-state index in [-0.39, 0.29) is 24.0 Å². The topological polar surface area (TPSA) is 57.5 Å². The van der Waals surface area contributed by atoms with Gasteiger partial charge in [-0.15, -0.1) is 0 Å². The minimum Gasteiger partial charge on any atom is -0.392 e. The highest BCUT2D eigenvalue weighted by Gasteiger charge is 2.36. The molecular formula is C14H24O3. The lowest BCUT2D eigenvalue weighted by atomic mass is 9.95. The first-order chi connectivity index (χ1) is 8.06. The summed E-state index contributed by atoms with van der Waals surface area (Å²) in [6.07, 6.45) is 6.80. The Hall–Kier alpha value is -0.670. The Morgan fingerprint density at radius 1 is 1.47 bits per heavy atom. The first-order valence-corrected chi connectivity index (χ1v) is 6.63. The van der Waals surface area contributed by atoms with Gasteiger partial charge in [0.25, 0.3) is 0 Å². The van der Waals surface area contributed by atoms with Gasteiger partial charge in [0.15, 0.2) is 0 Å². The molecule has 2 N–H and O–H groups in total. The van der Waals surface area contributed by atoms with Crippen LogP contribution >= 0.6 is 0 Å². The maximum atomic E-state index is 11.6. The molecule has 0 saturated heterocycles. The van der Waals surface area contributed by atoms with E-state index in [0.717, 1.165) is 25.7 Å². The zero-order valence-corrected chi connectivity index (χ0v) is 10.8. The van der Waals surface area contributed by atoms with Crippen molar-refractivity contribution in [3.63, 3.8) is 0 Å². The van der Waals surface area contributed by atoms with Crippen molar-refractivity contribution in [3.8, 4) is 0 Å². The van der Waals surface area contributed by atoms with Gasteiger partial charge in [0.05, 0.1) is 12.2 Å². The summed E-state index contributed by atoms with van der Waals surface area (Å²) in [7, 11) is 0. The van der Waals surface area contributed by atoms with Gasteiger partial charge in [-0.25, -0.2) is 0 Å². The molecule has 3 nitrogen and oxygen atoms in total.